The number of hydrogen-bond donors (Lipinski definition) is 1. The number of para-hydroxylation sites is 1. The van der Waals surface area contributed by atoms with Crippen LogP contribution in [0.25, 0.3) is 6.08 Å². The molecular weight excluding hydrogens is 250 g/mol. The van der Waals surface area contributed by atoms with E-state index in [2.05, 4.69) is 31.0 Å². The van der Waals surface area contributed by atoms with Crippen molar-refractivity contribution in [3.05, 3.63) is 48.1 Å². The summed E-state index contributed by atoms with van der Waals surface area (Å²) in [7, 11) is 1.71. The Morgan fingerprint density at radius 3 is 2.85 bits per heavy atom. The minimum absolute atomic E-state index is 0.526. The fourth-order valence-electron chi connectivity index (χ4n) is 1.80. The minimum Gasteiger partial charge on any atom is -0.489 e. The van der Waals surface area contributed by atoms with Crippen molar-refractivity contribution in [1.29, 1.82) is 0 Å². The zero-order chi connectivity index (χ0) is 14.6. The average molecular weight is 275 g/mol. The molecule has 0 spiro atoms. The van der Waals surface area contributed by atoms with Crippen LogP contribution in [0.3, 0.4) is 0 Å². The van der Waals surface area contributed by atoms with Gasteiger partial charge in [-0.3, -0.25) is 0 Å². The third kappa shape index (κ3) is 6.04. The summed E-state index contributed by atoms with van der Waals surface area (Å²) in [6.07, 6.45) is 4.96. The molecule has 0 unspecified atom stereocenters. The summed E-state index contributed by atoms with van der Waals surface area (Å²) in [5.74, 6) is 0.898. The molecule has 0 aliphatic carbocycles. The molecule has 3 heteroatoms. The van der Waals surface area contributed by atoms with E-state index in [9.17, 15) is 0 Å². The second-order valence-corrected chi connectivity index (χ2v) is 4.46. The molecule has 1 aromatic rings. The van der Waals surface area contributed by atoms with E-state index >= 15 is 0 Å². The van der Waals surface area contributed by atoms with E-state index in [-0.39, 0.29) is 0 Å². The van der Waals surface area contributed by atoms with Gasteiger partial charge in [0.1, 0.15) is 12.4 Å². The van der Waals surface area contributed by atoms with Crippen LogP contribution in [0.4, 0.5) is 0 Å². The summed E-state index contributed by atoms with van der Waals surface area (Å²) in [6, 6.07) is 8.07. The maximum atomic E-state index is 5.67. The van der Waals surface area contributed by atoms with Gasteiger partial charge in [0.05, 0.1) is 6.61 Å². The van der Waals surface area contributed by atoms with Crippen molar-refractivity contribution in [3.8, 4) is 5.75 Å². The Kier molecular flexibility index (Phi) is 8.43. The molecule has 0 aromatic heterocycles. The summed E-state index contributed by atoms with van der Waals surface area (Å²) < 4.78 is 10.7. The van der Waals surface area contributed by atoms with Gasteiger partial charge in [-0.25, -0.2) is 0 Å². The van der Waals surface area contributed by atoms with Crippen LogP contribution in [0.1, 0.15) is 18.9 Å². The standard InChI is InChI=1S/C17H25NO2/c1-4-11-20-17-9-7-6-8-16(17)13-15(5-2)14-18-10-12-19-3/h4,6-9,13,18H,1,5,10-12,14H2,2-3H3. The molecule has 0 bridgehead atoms. The Hall–Kier alpha value is -1.58. The van der Waals surface area contributed by atoms with Crippen LogP contribution in [0.5, 0.6) is 5.75 Å². The van der Waals surface area contributed by atoms with Crippen LogP contribution in [-0.2, 0) is 4.74 Å². The van der Waals surface area contributed by atoms with Crippen molar-refractivity contribution in [2.75, 3.05) is 33.4 Å². The SMILES string of the molecule is C=CCOc1ccccc1C=C(CC)CNCCOC. The lowest BCUT2D eigenvalue weighted by atomic mass is 10.1. The van der Waals surface area contributed by atoms with Crippen molar-refractivity contribution in [3.63, 3.8) is 0 Å². The number of nitrogens with one attached hydrogen (secondary N) is 1. The summed E-state index contributed by atoms with van der Waals surface area (Å²) >= 11 is 0. The molecule has 0 aliphatic rings. The van der Waals surface area contributed by atoms with Crippen LogP contribution < -0.4 is 10.1 Å². The molecule has 110 valence electrons. The monoisotopic (exact) mass is 275 g/mol. The van der Waals surface area contributed by atoms with E-state index < -0.39 is 0 Å². The first kappa shape index (κ1) is 16.5. The second-order valence-electron chi connectivity index (χ2n) is 4.46. The summed E-state index contributed by atoms with van der Waals surface area (Å²) in [4.78, 5) is 0. The third-order valence-electron chi connectivity index (χ3n) is 2.92. The maximum absolute atomic E-state index is 5.67. The minimum atomic E-state index is 0.526. The van der Waals surface area contributed by atoms with E-state index in [0.717, 1.165) is 37.4 Å². The molecule has 0 saturated heterocycles. The highest BCUT2D eigenvalue weighted by Gasteiger charge is 2.01. The van der Waals surface area contributed by atoms with Gasteiger partial charge in [-0.2, -0.15) is 0 Å². The predicted octanol–water partition coefficient (Wildman–Crippen LogP) is 3.28. The normalized spacial score (nSPS) is 11.4. The van der Waals surface area contributed by atoms with Gasteiger partial charge >= 0.3 is 0 Å². The molecule has 0 radical (unpaired) electrons. The van der Waals surface area contributed by atoms with Crippen LogP contribution in [0.15, 0.2) is 42.5 Å². The predicted molar refractivity (Wildman–Crippen MR) is 85.1 cm³/mol. The van der Waals surface area contributed by atoms with E-state index in [4.69, 9.17) is 9.47 Å². The lowest BCUT2D eigenvalue weighted by Gasteiger charge is -2.10. The Labute approximate surface area is 122 Å². The van der Waals surface area contributed by atoms with Crippen LogP contribution in [0.2, 0.25) is 0 Å². The molecule has 0 heterocycles. The van der Waals surface area contributed by atoms with Gasteiger partial charge in [-0.05, 0) is 12.5 Å². The van der Waals surface area contributed by atoms with E-state index in [1.807, 2.05) is 18.2 Å². The Balaban J connectivity index is 2.70. The quantitative estimate of drug-likeness (QED) is 0.525. The first-order valence-corrected chi connectivity index (χ1v) is 7.03. The van der Waals surface area contributed by atoms with Crippen molar-refractivity contribution < 1.29 is 9.47 Å². The molecule has 0 fully saturated rings. The molecule has 0 saturated carbocycles. The lowest BCUT2D eigenvalue weighted by molar-refractivity contribution is 0.200. The smallest absolute Gasteiger partial charge is 0.126 e. The summed E-state index contributed by atoms with van der Waals surface area (Å²) in [6.45, 7) is 8.83. The maximum Gasteiger partial charge on any atom is 0.126 e. The van der Waals surface area contributed by atoms with Gasteiger partial charge in [-0.1, -0.05) is 49.4 Å². The highest BCUT2D eigenvalue weighted by atomic mass is 16.5. The molecule has 1 N–H and O–H groups in total. The highest BCUT2D eigenvalue weighted by molar-refractivity contribution is 5.60. The van der Waals surface area contributed by atoms with Gasteiger partial charge in [0, 0.05) is 25.8 Å². The molecular formula is C17H25NO2. The second kappa shape index (κ2) is 10.2. The zero-order valence-electron chi connectivity index (χ0n) is 12.5. The Bertz CT molecular complexity index is 427. The molecule has 0 amide bonds. The summed E-state index contributed by atoms with van der Waals surface area (Å²) in [5.41, 5.74) is 2.45. The van der Waals surface area contributed by atoms with Crippen molar-refractivity contribution in [2.24, 2.45) is 0 Å². The first-order chi connectivity index (χ1) is 9.81. The topological polar surface area (TPSA) is 30.5 Å². The van der Waals surface area contributed by atoms with Gasteiger partial charge in [-0.15, -0.1) is 0 Å². The van der Waals surface area contributed by atoms with E-state index in [1.54, 1.807) is 13.2 Å². The molecule has 1 rings (SSSR count). The highest BCUT2D eigenvalue weighted by Crippen LogP contribution is 2.21. The zero-order valence-corrected chi connectivity index (χ0v) is 12.5. The molecule has 1 aromatic carbocycles. The number of ether oxygens (including phenoxy) is 2. The number of methoxy groups -OCH3 is 1. The fraction of sp³-hybridized carbons (Fsp3) is 0.412. The van der Waals surface area contributed by atoms with Gasteiger partial charge in [0.2, 0.25) is 0 Å². The molecule has 3 nitrogen and oxygen atoms in total. The van der Waals surface area contributed by atoms with Gasteiger partial charge < -0.3 is 14.8 Å². The number of benzene rings is 1. The molecule has 0 aliphatic heterocycles. The van der Waals surface area contributed by atoms with Crippen molar-refractivity contribution >= 4 is 6.08 Å². The van der Waals surface area contributed by atoms with Crippen LogP contribution in [-0.4, -0.2) is 33.4 Å². The van der Waals surface area contributed by atoms with Crippen molar-refractivity contribution in [1.82, 2.24) is 5.32 Å². The Morgan fingerprint density at radius 1 is 1.35 bits per heavy atom. The van der Waals surface area contributed by atoms with Gasteiger partial charge in [0.25, 0.3) is 0 Å². The molecule has 0 atom stereocenters. The summed E-state index contributed by atoms with van der Waals surface area (Å²) in [5, 5.41) is 3.37. The van der Waals surface area contributed by atoms with Crippen molar-refractivity contribution in [2.45, 2.75) is 13.3 Å². The lowest BCUT2D eigenvalue weighted by Crippen LogP contribution is -2.21. The number of rotatable bonds is 10. The average Bonchev–Trinajstić information content (AvgIpc) is 2.49. The van der Waals surface area contributed by atoms with E-state index in [1.165, 1.54) is 5.57 Å². The fourth-order valence-corrected chi connectivity index (χ4v) is 1.80. The van der Waals surface area contributed by atoms with Crippen LogP contribution in [0, 0.1) is 0 Å². The van der Waals surface area contributed by atoms with Gasteiger partial charge in [0.15, 0.2) is 0 Å². The third-order valence-corrected chi connectivity index (χ3v) is 2.92. The first-order valence-electron chi connectivity index (χ1n) is 7.03. The van der Waals surface area contributed by atoms with E-state index in [0.29, 0.717) is 6.61 Å². The van der Waals surface area contributed by atoms with Crippen LogP contribution >= 0.6 is 0 Å². The largest absolute Gasteiger partial charge is 0.489 e. The Morgan fingerprint density at radius 2 is 2.15 bits per heavy atom. The number of hydrogen-bond acceptors (Lipinski definition) is 3. The molecule has 20 heavy (non-hydrogen) atoms.